The molecule has 29 heavy (non-hydrogen) atoms. The van der Waals surface area contributed by atoms with E-state index in [1.165, 1.54) is 36.2 Å². The topological polar surface area (TPSA) is 114 Å². The first-order chi connectivity index (χ1) is 13.8. The Labute approximate surface area is 174 Å². The summed E-state index contributed by atoms with van der Waals surface area (Å²) in [5.74, 6) is -1.62. The monoisotopic (exact) mass is 415 g/mol. The van der Waals surface area contributed by atoms with Crippen LogP contribution in [0.25, 0.3) is 0 Å². The zero-order valence-corrected chi connectivity index (χ0v) is 16.6. The quantitative estimate of drug-likeness (QED) is 0.566. The number of hydrogen-bond acceptors (Lipinski definition) is 5. The molecule has 0 aromatic heterocycles. The number of halogens is 1. The fourth-order valence-corrected chi connectivity index (χ4v) is 3.06. The maximum atomic E-state index is 12.9. The highest BCUT2D eigenvalue weighted by atomic mass is 35.5. The molecule has 2 aromatic carbocycles. The molecule has 152 valence electrons. The number of aliphatic hydroxyl groups is 2. The van der Waals surface area contributed by atoms with E-state index in [9.17, 15) is 19.8 Å². The van der Waals surface area contributed by atoms with Crippen LogP contribution >= 0.6 is 11.6 Å². The van der Waals surface area contributed by atoms with Gasteiger partial charge in [-0.1, -0.05) is 30.3 Å². The van der Waals surface area contributed by atoms with E-state index < -0.39 is 23.5 Å². The SMILES string of the molecule is CN(CCCl)C(=O)[C@@](O)(Cc1ccccc1)[C@@H](O)C(=O)Nc1ccc(C#N)cc1. The molecule has 2 amide bonds. The Morgan fingerprint density at radius 3 is 2.38 bits per heavy atom. The molecular formula is C21H22ClN3O4. The van der Waals surface area contributed by atoms with E-state index >= 15 is 0 Å². The number of rotatable bonds is 8. The van der Waals surface area contributed by atoms with Crippen molar-refractivity contribution in [2.24, 2.45) is 0 Å². The fraction of sp³-hybridized carbons (Fsp3) is 0.286. The predicted molar refractivity (Wildman–Crippen MR) is 109 cm³/mol. The van der Waals surface area contributed by atoms with Gasteiger partial charge in [-0.25, -0.2) is 0 Å². The van der Waals surface area contributed by atoms with Crippen molar-refractivity contribution >= 4 is 29.1 Å². The minimum atomic E-state index is -2.39. The van der Waals surface area contributed by atoms with Crippen molar-refractivity contribution in [3.05, 3.63) is 65.7 Å². The smallest absolute Gasteiger partial charge is 0.257 e. The van der Waals surface area contributed by atoms with Crippen molar-refractivity contribution in [3.63, 3.8) is 0 Å². The molecule has 0 spiro atoms. The number of aliphatic hydroxyl groups excluding tert-OH is 1. The number of carbonyl (C=O) groups excluding carboxylic acids is 2. The number of carbonyl (C=O) groups is 2. The Morgan fingerprint density at radius 2 is 1.83 bits per heavy atom. The van der Waals surface area contributed by atoms with Crippen LogP contribution in [0.15, 0.2) is 54.6 Å². The Bertz CT molecular complexity index is 883. The first kappa shape index (κ1) is 22.4. The molecule has 0 saturated carbocycles. The largest absolute Gasteiger partial charge is 0.380 e. The fourth-order valence-electron chi connectivity index (χ4n) is 2.81. The lowest BCUT2D eigenvalue weighted by Gasteiger charge is -2.34. The second kappa shape index (κ2) is 10.0. The van der Waals surface area contributed by atoms with Crippen LogP contribution in [-0.4, -0.2) is 58.1 Å². The van der Waals surface area contributed by atoms with E-state index in [2.05, 4.69) is 5.32 Å². The van der Waals surface area contributed by atoms with Gasteiger partial charge in [-0.3, -0.25) is 9.59 Å². The number of anilines is 1. The third kappa shape index (κ3) is 5.55. The van der Waals surface area contributed by atoms with Crippen molar-refractivity contribution in [1.82, 2.24) is 4.90 Å². The van der Waals surface area contributed by atoms with Gasteiger partial charge in [-0.05, 0) is 29.8 Å². The number of alkyl halides is 1. The highest BCUT2D eigenvalue weighted by molar-refractivity contribution is 6.18. The number of likely N-dealkylation sites (N-methyl/N-ethyl adjacent to an activating group) is 1. The van der Waals surface area contributed by atoms with Crippen LogP contribution in [0.4, 0.5) is 5.69 Å². The normalized spacial score (nSPS) is 13.6. The number of benzene rings is 2. The summed E-state index contributed by atoms with van der Waals surface area (Å²) >= 11 is 5.68. The molecule has 2 atom stereocenters. The van der Waals surface area contributed by atoms with Crippen molar-refractivity contribution < 1.29 is 19.8 Å². The van der Waals surface area contributed by atoms with Crippen molar-refractivity contribution in [1.29, 1.82) is 5.26 Å². The third-order valence-electron chi connectivity index (χ3n) is 4.44. The molecule has 0 bridgehead atoms. The zero-order valence-electron chi connectivity index (χ0n) is 15.9. The Morgan fingerprint density at radius 1 is 1.21 bits per heavy atom. The summed E-state index contributed by atoms with van der Waals surface area (Å²) in [6.45, 7) is 0.140. The van der Waals surface area contributed by atoms with E-state index in [0.717, 1.165) is 0 Å². The maximum absolute atomic E-state index is 12.9. The molecule has 3 N–H and O–H groups in total. The summed E-state index contributed by atoms with van der Waals surface area (Å²) in [5, 5.41) is 33.1. The molecule has 2 rings (SSSR count). The van der Waals surface area contributed by atoms with Gasteiger partial charge in [0.2, 0.25) is 0 Å². The summed E-state index contributed by atoms with van der Waals surface area (Å²) in [7, 11) is 1.44. The highest BCUT2D eigenvalue weighted by Gasteiger charge is 2.48. The summed E-state index contributed by atoms with van der Waals surface area (Å²) in [5.41, 5.74) is -1.09. The van der Waals surface area contributed by atoms with E-state index in [1.54, 1.807) is 30.3 Å². The number of nitrogens with one attached hydrogen (secondary N) is 1. The lowest BCUT2D eigenvalue weighted by atomic mass is 9.86. The molecule has 0 fully saturated rings. The van der Waals surface area contributed by atoms with E-state index in [0.29, 0.717) is 16.8 Å². The van der Waals surface area contributed by atoms with Crippen LogP contribution < -0.4 is 5.32 Å². The summed E-state index contributed by atoms with van der Waals surface area (Å²) in [4.78, 5) is 26.7. The van der Waals surface area contributed by atoms with E-state index in [4.69, 9.17) is 16.9 Å². The average molecular weight is 416 g/mol. The van der Waals surface area contributed by atoms with Gasteiger partial charge in [0.1, 0.15) is 0 Å². The van der Waals surface area contributed by atoms with E-state index in [1.807, 2.05) is 6.07 Å². The Kier molecular flexibility index (Phi) is 7.74. The van der Waals surface area contributed by atoms with Crippen LogP contribution in [0.1, 0.15) is 11.1 Å². The molecule has 7 nitrogen and oxygen atoms in total. The van der Waals surface area contributed by atoms with Crippen molar-refractivity contribution in [3.8, 4) is 6.07 Å². The summed E-state index contributed by atoms with van der Waals surface area (Å²) in [6.07, 6.45) is -2.30. The molecule has 0 radical (unpaired) electrons. The third-order valence-corrected chi connectivity index (χ3v) is 4.60. The molecule has 0 aliphatic rings. The maximum Gasteiger partial charge on any atom is 0.257 e. The minimum absolute atomic E-state index is 0.136. The average Bonchev–Trinajstić information content (AvgIpc) is 2.73. The lowest BCUT2D eigenvalue weighted by molar-refractivity contribution is -0.167. The van der Waals surface area contributed by atoms with Gasteiger partial charge in [-0.2, -0.15) is 5.26 Å². The second-order valence-electron chi connectivity index (χ2n) is 6.58. The first-order valence-corrected chi connectivity index (χ1v) is 9.42. The standard InChI is InChI=1S/C21H22ClN3O4/c1-25(12-11-22)20(28)21(29,13-15-5-3-2-4-6-15)18(26)19(27)24-17-9-7-16(14-23)8-10-17/h2-10,18,26,29H,11-13H2,1H3,(H,24,27)/t18-,21+/m0/s1. The number of nitriles is 1. The van der Waals surface area contributed by atoms with E-state index in [-0.39, 0.29) is 18.8 Å². The molecule has 0 aliphatic heterocycles. The van der Waals surface area contributed by atoms with Gasteiger partial charge in [0, 0.05) is 31.6 Å². The zero-order chi connectivity index (χ0) is 21.4. The molecule has 0 heterocycles. The first-order valence-electron chi connectivity index (χ1n) is 8.88. The van der Waals surface area contributed by atoms with Gasteiger partial charge < -0.3 is 20.4 Å². The molecule has 0 unspecified atom stereocenters. The van der Waals surface area contributed by atoms with Gasteiger partial charge in [-0.15, -0.1) is 11.6 Å². The number of nitrogens with zero attached hydrogens (tertiary/aromatic N) is 2. The van der Waals surface area contributed by atoms with Crippen LogP contribution in [-0.2, 0) is 16.0 Å². The number of amides is 2. The van der Waals surface area contributed by atoms with Crippen LogP contribution in [0.3, 0.4) is 0 Å². The summed E-state index contributed by atoms with van der Waals surface area (Å²) < 4.78 is 0. The number of hydrogen-bond donors (Lipinski definition) is 3. The molecule has 0 aliphatic carbocycles. The predicted octanol–water partition coefficient (Wildman–Crippen LogP) is 1.53. The highest BCUT2D eigenvalue weighted by Crippen LogP contribution is 2.22. The van der Waals surface area contributed by atoms with Crippen LogP contribution in [0, 0.1) is 11.3 Å². The molecular weight excluding hydrogens is 394 g/mol. The summed E-state index contributed by atoms with van der Waals surface area (Å²) in [6, 6.07) is 16.5. The molecule has 0 saturated heterocycles. The van der Waals surface area contributed by atoms with Crippen molar-refractivity contribution in [2.75, 3.05) is 24.8 Å². The lowest BCUT2D eigenvalue weighted by Crippen LogP contribution is -2.60. The van der Waals surface area contributed by atoms with Gasteiger partial charge in [0.15, 0.2) is 11.7 Å². The molecule has 2 aromatic rings. The Hall–Kier alpha value is -2.92. The Balaban J connectivity index is 2.28. The van der Waals surface area contributed by atoms with Crippen LogP contribution in [0.2, 0.25) is 0 Å². The van der Waals surface area contributed by atoms with Gasteiger partial charge >= 0.3 is 0 Å². The second-order valence-corrected chi connectivity index (χ2v) is 6.96. The van der Waals surface area contributed by atoms with Crippen molar-refractivity contribution in [2.45, 2.75) is 18.1 Å². The van der Waals surface area contributed by atoms with Gasteiger partial charge in [0.25, 0.3) is 11.8 Å². The van der Waals surface area contributed by atoms with Crippen LogP contribution in [0.5, 0.6) is 0 Å². The minimum Gasteiger partial charge on any atom is -0.380 e. The van der Waals surface area contributed by atoms with Gasteiger partial charge in [0.05, 0.1) is 11.6 Å². The molecule has 8 heteroatoms.